The first-order valence-corrected chi connectivity index (χ1v) is 9.43. The van der Waals surface area contributed by atoms with E-state index in [0.717, 1.165) is 16.9 Å². The van der Waals surface area contributed by atoms with E-state index in [0.29, 0.717) is 23.4 Å². The molecule has 2 aromatic carbocycles. The third kappa shape index (κ3) is 3.93. The number of aromatic nitrogens is 3. The molecule has 0 saturated heterocycles. The van der Waals surface area contributed by atoms with Crippen molar-refractivity contribution < 1.29 is 9.53 Å². The van der Waals surface area contributed by atoms with Crippen LogP contribution in [0.15, 0.2) is 61.1 Å². The molecule has 0 aliphatic heterocycles. The topological polar surface area (TPSA) is 69.0 Å². The number of aryl methyl sites for hydroxylation is 1. The maximum atomic E-state index is 12.6. The molecule has 146 valence electrons. The number of nitrogens with zero attached hydrogens (tertiary/aromatic N) is 3. The fraction of sp³-hybridized carbons (Fsp3) is 0.136. The van der Waals surface area contributed by atoms with Crippen molar-refractivity contribution in [2.45, 2.75) is 13.5 Å². The van der Waals surface area contributed by atoms with Crippen LogP contribution in [0.5, 0.6) is 5.75 Å². The van der Waals surface area contributed by atoms with Crippen LogP contribution in [0.25, 0.3) is 11.2 Å². The zero-order valence-electron chi connectivity index (χ0n) is 16.0. The lowest BCUT2D eigenvalue weighted by molar-refractivity contribution is 0.102. The number of pyridine rings is 1. The van der Waals surface area contributed by atoms with E-state index in [4.69, 9.17) is 16.3 Å². The Kier molecular flexibility index (Phi) is 5.18. The van der Waals surface area contributed by atoms with Crippen LogP contribution in [0.4, 0.5) is 5.69 Å². The van der Waals surface area contributed by atoms with Crippen molar-refractivity contribution in [2.24, 2.45) is 0 Å². The Balaban J connectivity index is 1.59. The van der Waals surface area contributed by atoms with Gasteiger partial charge >= 0.3 is 0 Å². The minimum Gasteiger partial charge on any atom is -0.497 e. The number of hydrogen-bond donors (Lipinski definition) is 1. The van der Waals surface area contributed by atoms with Crippen LogP contribution in [0.1, 0.15) is 21.5 Å². The summed E-state index contributed by atoms with van der Waals surface area (Å²) in [5.41, 5.74) is 4.29. The average molecular weight is 407 g/mol. The van der Waals surface area contributed by atoms with Crippen LogP contribution < -0.4 is 10.1 Å². The van der Waals surface area contributed by atoms with Gasteiger partial charge in [0.25, 0.3) is 5.91 Å². The van der Waals surface area contributed by atoms with Crippen LogP contribution in [0.3, 0.4) is 0 Å². The van der Waals surface area contributed by atoms with Crippen LogP contribution in [-0.4, -0.2) is 27.6 Å². The van der Waals surface area contributed by atoms with E-state index >= 15 is 0 Å². The van der Waals surface area contributed by atoms with E-state index in [2.05, 4.69) is 15.3 Å². The van der Waals surface area contributed by atoms with Gasteiger partial charge in [-0.25, -0.2) is 9.97 Å². The normalized spacial score (nSPS) is 10.9. The highest BCUT2D eigenvalue weighted by Crippen LogP contribution is 2.26. The molecular formula is C22H19ClN4O2. The fourth-order valence-electron chi connectivity index (χ4n) is 3.01. The first kappa shape index (κ1) is 19.0. The zero-order valence-corrected chi connectivity index (χ0v) is 16.8. The first-order chi connectivity index (χ1) is 14.0. The molecule has 0 aliphatic carbocycles. The Hall–Kier alpha value is -3.38. The van der Waals surface area contributed by atoms with Gasteiger partial charge in [0.1, 0.15) is 11.3 Å². The molecule has 29 heavy (non-hydrogen) atoms. The number of carbonyl (C=O) groups is 1. The number of rotatable bonds is 5. The molecule has 0 aliphatic rings. The molecule has 0 spiro atoms. The summed E-state index contributed by atoms with van der Waals surface area (Å²) >= 11 is 6.49. The van der Waals surface area contributed by atoms with Crippen molar-refractivity contribution in [1.29, 1.82) is 0 Å². The fourth-order valence-corrected chi connectivity index (χ4v) is 3.28. The highest BCUT2D eigenvalue weighted by molar-refractivity contribution is 6.38. The van der Waals surface area contributed by atoms with Gasteiger partial charge in [0.05, 0.1) is 30.6 Å². The van der Waals surface area contributed by atoms with Crippen molar-refractivity contribution >= 4 is 34.4 Å². The number of anilines is 1. The third-order valence-electron chi connectivity index (χ3n) is 4.64. The molecule has 1 amide bonds. The quantitative estimate of drug-likeness (QED) is 0.521. The van der Waals surface area contributed by atoms with Gasteiger partial charge in [-0.2, -0.15) is 0 Å². The molecular weight excluding hydrogens is 388 g/mol. The summed E-state index contributed by atoms with van der Waals surface area (Å²) in [4.78, 5) is 21.5. The number of benzene rings is 2. The Bertz CT molecular complexity index is 1170. The minimum atomic E-state index is -0.321. The second-order valence-corrected chi connectivity index (χ2v) is 7.08. The summed E-state index contributed by atoms with van der Waals surface area (Å²) in [6.45, 7) is 2.57. The Morgan fingerprint density at radius 3 is 2.52 bits per heavy atom. The van der Waals surface area contributed by atoms with Crippen LogP contribution in [0.2, 0.25) is 5.02 Å². The molecule has 1 N–H and O–H groups in total. The van der Waals surface area contributed by atoms with E-state index in [9.17, 15) is 4.79 Å². The van der Waals surface area contributed by atoms with Crippen LogP contribution >= 0.6 is 11.6 Å². The monoisotopic (exact) mass is 406 g/mol. The van der Waals surface area contributed by atoms with Gasteiger partial charge in [0, 0.05) is 11.9 Å². The van der Waals surface area contributed by atoms with Gasteiger partial charge in [-0.05, 0) is 36.8 Å². The largest absolute Gasteiger partial charge is 0.497 e. The molecule has 0 bridgehead atoms. The molecule has 0 saturated carbocycles. The lowest BCUT2D eigenvalue weighted by atomic mass is 10.2. The third-order valence-corrected chi connectivity index (χ3v) is 5.02. The Morgan fingerprint density at radius 2 is 1.83 bits per heavy atom. The Labute approximate surface area is 173 Å². The number of amides is 1. The van der Waals surface area contributed by atoms with Crippen LogP contribution in [-0.2, 0) is 6.54 Å². The molecule has 4 rings (SSSR count). The smallest absolute Gasteiger partial charge is 0.258 e. The van der Waals surface area contributed by atoms with Crippen molar-refractivity contribution in [3.05, 3.63) is 82.8 Å². The van der Waals surface area contributed by atoms with Gasteiger partial charge in [0.15, 0.2) is 5.65 Å². The molecule has 2 heterocycles. The zero-order chi connectivity index (χ0) is 20.4. The summed E-state index contributed by atoms with van der Waals surface area (Å²) in [5, 5.41) is 3.12. The van der Waals surface area contributed by atoms with Gasteiger partial charge in [-0.1, -0.05) is 41.4 Å². The van der Waals surface area contributed by atoms with Crippen molar-refractivity contribution in [2.75, 3.05) is 12.4 Å². The number of ether oxygens (including phenoxy) is 1. The lowest BCUT2D eigenvalue weighted by Crippen LogP contribution is -2.13. The number of nitrogens with one attached hydrogen (secondary N) is 1. The van der Waals surface area contributed by atoms with E-state index in [1.54, 1.807) is 13.4 Å². The highest BCUT2D eigenvalue weighted by atomic mass is 35.5. The van der Waals surface area contributed by atoms with E-state index < -0.39 is 0 Å². The molecule has 7 heteroatoms. The molecule has 0 atom stereocenters. The number of carbonyl (C=O) groups excluding carboxylic acids is 1. The average Bonchev–Trinajstić information content (AvgIpc) is 3.14. The highest BCUT2D eigenvalue weighted by Gasteiger charge is 2.17. The number of fused-ring (bicyclic) bond motifs is 1. The number of hydrogen-bond acceptors (Lipinski definition) is 4. The van der Waals surface area contributed by atoms with E-state index in [1.165, 1.54) is 6.20 Å². The standard InChI is InChI=1S/C22H19ClN4O2/c1-14-3-7-16(8-4-14)26-22(28)18-11-24-21-20(19(18)23)25-13-27(21)12-15-5-9-17(29-2)10-6-15/h3-11,13H,12H2,1-2H3,(H,26,28). The predicted octanol–water partition coefficient (Wildman–Crippen LogP) is 4.70. The minimum absolute atomic E-state index is 0.285. The maximum Gasteiger partial charge on any atom is 0.258 e. The van der Waals surface area contributed by atoms with Crippen LogP contribution in [0, 0.1) is 6.92 Å². The molecule has 4 aromatic rings. The first-order valence-electron chi connectivity index (χ1n) is 9.05. The summed E-state index contributed by atoms with van der Waals surface area (Å²) in [5.74, 6) is 0.479. The molecule has 6 nitrogen and oxygen atoms in total. The van der Waals surface area contributed by atoms with E-state index in [-0.39, 0.29) is 16.5 Å². The lowest BCUT2D eigenvalue weighted by Gasteiger charge is -2.08. The summed E-state index contributed by atoms with van der Waals surface area (Å²) in [6.07, 6.45) is 3.16. The molecule has 0 radical (unpaired) electrons. The maximum absolute atomic E-state index is 12.6. The van der Waals surface area contributed by atoms with E-state index in [1.807, 2.05) is 60.0 Å². The van der Waals surface area contributed by atoms with Gasteiger partial charge in [-0.15, -0.1) is 0 Å². The van der Waals surface area contributed by atoms with Crippen molar-refractivity contribution in [1.82, 2.24) is 14.5 Å². The molecule has 2 aromatic heterocycles. The SMILES string of the molecule is COc1ccc(Cn2cnc3c(Cl)c(C(=O)Nc4ccc(C)cc4)cnc32)cc1. The second-order valence-electron chi connectivity index (χ2n) is 6.70. The van der Waals surface area contributed by atoms with Gasteiger partial charge < -0.3 is 14.6 Å². The molecule has 0 unspecified atom stereocenters. The Morgan fingerprint density at radius 1 is 1.10 bits per heavy atom. The number of halogens is 1. The summed E-state index contributed by atoms with van der Waals surface area (Å²) in [7, 11) is 1.64. The van der Waals surface area contributed by atoms with Crippen molar-refractivity contribution in [3.8, 4) is 5.75 Å². The predicted molar refractivity (Wildman–Crippen MR) is 114 cm³/mol. The summed E-state index contributed by atoms with van der Waals surface area (Å²) in [6, 6.07) is 15.3. The number of imidazole rings is 1. The van der Waals surface area contributed by atoms with Gasteiger partial charge in [0.2, 0.25) is 0 Å². The molecule has 0 fully saturated rings. The second kappa shape index (κ2) is 7.93. The summed E-state index contributed by atoms with van der Waals surface area (Å²) < 4.78 is 7.08. The number of methoxy groups -OCH3 is 1. The van der Waals surface area contributed by atoms with Crippen molar-refractivity contribution in [3.63, 3.8) is 0 Å². The van der Waals surface area contributed by atoms with Gasteiger partial charge in [-0.3, -0.25) is 4.79 Å².